The Morgan fingerprint density at radius 1 is 1.38 bits per heavy atom. The van der Waals surface area contributed by atoms with Crippen LogP contribution in [0.5, 0.6) is 0 Å². The lowest BCUT2D eigenvalue weighted by molar-refractivity contribution is 0.364. The molecule has 1 fully saturated rings. The van der Waals surface area contributed by atoms with E-state index in [1.807, 2.05) is 0 Å². The Balaban J connectivity index is 1.93. The van der Waals surface area contributed by atoms with Gasteiger partial charge in [-0.2, -0.15) is 11.3 Å². The quantitative estimate of drug-likeness (QED) is 0.651. The Hall–Kier alpha value is -0.0100. The molecule has 0 bridgehead atoms. The van der Waals surface area contributed by atoms with Crippen LogP contribution in [0.4, 0.5) is 0 Å². The highest BCUT2D eigenvalue weighted by Crippen LogP contribution is 2.31. The Kier molecular flexibility index (Phi) is 3.28. The summed E-state index contributed by atoms with van der Waals surface area (Å²) in [6.07, 6.45) is 6.43. The van der Waals surface area contributed by atoms with Crippen LogP contribution in [0, 0.1) is 5.92 Å². The summed E-state index contributed by atoms with van der Waals surface area (Å²) in [6, 6.07) is 2.23. The SMILES string of the molecule is ClC1CCCCC1Cc1ccsc1. The van der Waals surface area contributed by atoms with Gasteiger partial charge >= 0.3 is 0 Å². The van der Waals surface area contributed by atoms with Crippen molar-refractivity contribution in [3.8, 4) is 0 Å². The second kappa shape index (κ2) is 4.47. The van der Waals surface area contributed by atoms with E-state index in [-0.39, 0.29) is 0 Å². The fourth-order valence-electron chi connectivity index (χ4n) is 2.10. The predicted octanol–water partition coefficient (Wildman–Crippen LogP) is 4.09. The van der Waals surface area contributed by atoms with E-state index in [2.05, 4.69) is 16.8 Å². The monoisotopic (exact) mass is 214 g/mol. The van der Waals surface area contributed by atoms with Crippen molar-refractivity contribution < 1.29 is 0 Å². The van der Waals surface area contributed by atoms with Crippen LogP contribution in [-0.4, -0.2) is 5.38 Å². The molecule has 1 aliphatic rings. The first kappa shape index (κ1) is 9.54. The van der Waals surface area contributed by atoms with Gasteiger partial charge in [-0.3, -0.25) is 0 Å². The lowest BCUT2D eigenvalue weighted by Crippen LogP contribution is -2.21. The van der Waals surface area contributed by atoms with Crippen molar-refractivity contribution in [2.45, 2.75) is 37.5 Å². The molecule has 72 valence electrons. The van der Waals surface area contributed by atoms with E-state index in [1.54, 1.807) is 11.3 Å². The fourth-order valence-corrected chi connectivity index (χ4v) is 3.15. The first-order chi connectivity index (χ1) is 6.36. The average Bonchev–Trinajstić information content (AvgIpc) is 2.61. The molecular weight excluding hydrogens is 200 g/mol. The zero-order valence-corrected chi connectivity index (χ0v) is 9.28. The molecule has 0 aromatic carbocycles. The second-order valence-electron chi connectivity index (χ2n) is 3.90. The normalized spacial score (nSPS) is 29.0. The Labute approximate surface area is 88.9 Å². The largest absolute Gasteiger partial charge is 0.152 e. The van der Waals surface area contributed by atoms with E-state index < -0.39 is 0 Å². The third-order valence-electron chi connectivity index (χ3n) is 2.89. The molecule has 0 radical (unpaired) electrons. The van der Waals surface area contributed by atoms with Gasteiger partial charge in [0.2, 0.25) is 0 Å². The van der Waals surface area contributed by atoms with Gasteiger partial charge < -0.3 is 0 Å². The van der Waals surface area contributed by atoms with Gasteiger partial charge in [-0.25, -0.2) is 0 Å². The molecule has 2 unspecified atom stereocenters. The molecule has 1 aromatic rings. The van der Waals surface area contributed by atoms with E-state index >= 15 is 0 Å². The number of alkyl halides is 1. The summed E-state index contributed by atoms with van der Waals surface area (Å²) in [7, 11) is 0. The highest BCUT2D eigenvalue weighted by molar-refractivity contribution is 7.07. The van der Waals surface area contributed by atoms with Gasteiger partial charge in [0.1, 0.15) is 0 Å². The second-order valence-corrected chi connectivity index (χ2v) is 5.24. The van der Waals surface area contributed by atoms with Crippen molar-refractivity contribution in [1.82, 2.24) is 0 Å². The molecule has 0 spiro atoms. The Morgan fingerprint density at radius 2 is 2.23 bits per heavy atom. The smallest absolute Gasteiger partial charge is 0.0367 e. The van der Waals surface area contributed by atoms with E-state index in [9.17, 15) is 0 Å². The van der Waals surface area contributed by atoms with Gasteiger partial charge in [-0.05, 0) is 47.6 Å². The van der Waals surface area contributed by atoms with Crippen LogP contribution in [0.3, 0.4) is 0 Å². The summed E-state index contributed by atoms with van der Waals surface area (Å²) in [5.74, 6) is 0.727. The summed E-state index contributed by atoms with van der Waals surface area (Å²) in [6.45, 7) is 0. The molecule has 2 rings (SSSR count). The molecule has 0 N–H and O–H groups in total. The van der Waals surface area contributed by atoms with Crippen molar-refractivity contribution in [2.75, 3.05) is 0 Å². The number of thiophene rings is 1. The molecule has 0 amide bonds. The van der Waals surface area contributed by atoms with Crippen LogP contribution in [0.25, 0.3) is 0 Å². The van der Waals surface area contributed by atoms with E-state index in [0.717, 1.165) is 5.92 Å². The van der Waals surface area contributed by atoms with Crippen molar-refractivity contribution in [3.63, 3.8) is 0 Å². The Bertz CT molecular complexity index is 243. The standard InChI is InChI=1S/C11H15ClS/c12-11-4-2-1-3-10(11)7-9-5-6-13-8-9/h5-6,8,10-11H,1-4,7H2. The van der Waals surface area contributed by atoms with E-state index in [4.69, 9.17) is 11.6 Å². The maximum absolute atomic E-state index is 6.30. The topological polar surface area (TPSA) is 0 Å². The van der Waals surface area contributed by atoms with Gasteiger partial charge in [-0.1, -0.05) is 12.8 Å². The summed E-state index contributed by atoms with van der Waals surface area (Å²) >= 11 is 8.09. The molecule has 0 nitrogen and oxygen atoms in total. The molecule has 1 aliphatic carbocycles. The van der Waals surface area contributed by atoms with Crippen LogP contribution < -0.4 is 0 Å². The summed E-state index contributed by atoms with van der Waals surface area (Å²) in [5, 5.41) is 4.83. The van der Waals surface area contributed by atoms with Crippen LogP contribution in [0.15, 0.2) is 16.8 Å². The molecular formula is C11H15ClS. The average molecular weight is 215 g/mol. The minimum atomic E-state index is 0.425. The van der Waals surface area contributed by atoms with Crippen molar-refractivity contribution in [2.24, 2.45) is 5.92 Å². The fraction of sp³-hybridized carbons (Fsp3) is 0.636. The zero-order valence-electron chi connectivity index (χ0n) is 7.71. The number of halogens is 1. The van der Waals surface area contributed by atoms with Crippen LogP contribution in [-0.2, 0) is 6.42 Å². The van der Waals surface area contributed by atoms with Crippen molar-refractivity contribution >= 4 is 22.9 Å². The molecule has 0 saturated heterocycles. The maximum atomic E-state index is 6.30. The van der Waals surface area contributed by atoms with Gasteiger partial charge in [0.15, 0.2) is 0 Å². The highest BCUT2D eigenvalue weighted by Gasteiger charge is 2.23. The molecule has 2 atom stereocenters. The minimum Gasteiger partial charge on any atom is -0.152 e. The lowest BCUT2D eigenvalue weighted by atomic mass is 9.85. The Morgan fingerprint density at radius 3 is 2.92 bits per heavy atom. The van der Waals surface area contributed by atoms with Gasteiger partial charge in [0, 0.05) is 5.38 Å². The first-order valence-corrected chi connectivity index (χ1v) is 6.39. The van der Waals surface area contributed by atoms with Crippen LogP contribution >= 0.6 is 22.9 Å². The number of hydrogen-bond acceptors (Lipinski definition) is 1. The molecule has 2 heteroatoms. The lowest BCUT2D eigenvalue weighted by Gasteiger charge is -2.26. The first-order valence-electron chi connectivity index (χ1n) is 5.01. The maximum Gasteiger partial charge on any atom is 0.0367 e. The van der Waals surface area contributed by atoms with Crippen molar-refractivity contribution in [1.29, 1.82) is 0 Å². The predicted molar refractivity (Wildman–Crippen MR) is 59.6 cm³/mol. The molecule has 13 heavy (non-hydrogen) atoms. The summed E-state index contributed by atoms with van der Waals surface area (Å²) in [4.78, 5) is 0. The van der Waals surface area contributed by atoms with Gasteiger partial charge in [0.25, 0.3) is 0 Å². The highest BCUT2D eigenvalue weighted by atomic mass is 35.5. The van der Waals surface area contributed by atoms with Crippen molar-refractivity contribution in [3.05, 3.63) is 22.4 Å². The number of rotatable bonds is 2. The number of hydrogen-bond donors (Lipinski definition) is 0. The summed E-state index contributed by atoms with van der Waals surface area (Å²) < 4.78 is 0. The van der Waals surface area contributed by atoms with Gasteiger partial charge in [-0.15, -0.1) is 11.6 Å². The minimum absolute atomic E-state index is 0.425. The third kappa shape index (κ3) is 2.47. The molecule has 0 aliphatic heterocycles. The third-order valence-corrected chi connectivity index (χ3v) is 4.20. The summed E-state index contributed by atoms with van der Waals surface area (Å²) in [5.41, 5.74) is 1.47. The van der Waals surface area contributed by atoms with E-state index in [1.165, 1.54) is 37.7 Å². The zero-order chi connectivity index (χ0) is 9.10. The molecule has 1 aromatic heterocycles. The van der Waals surface area contributed by atoms with Crippen LogP contribution in [0.1, 0.15) is 31.2 Å². The van der Waals surface area contributed by atoms with Crippen LogP contribution in [0.2, 0.25) is 0 Å². The molecule has 1 heterocycles. The molecule has 1 saturated carbocycles. The van der Waals surface area contributed by atoms with E-state index in [0.29, 0.717) is 5.38 Å². The van der Waals surface area contributed by atoms with Gasteiger partial charge in [0.05, 0.1) is 0 Å².